The highest BCUT2D eigenvalue weighted by Crippen LogP contribution is 2.27. The summed E-state index contributed by atoms with van der Waals surface area (Å²) in [6, 6.07) is 4.51. The van der Waals surface area contributed by atoms with Gasteiger partial charge in [-0.3, -0.25) is 0 Å². The van der Waals surface area contributed by atoms with Crippen LogP contribution in [-0.4, -0.2) is 23.2 Å². The number of rotatable bonds is 5. The quantitative estimate of drug-likeness (QED) is 0.904. The summed E-state index contributed by atoms with van der Waals surface area (Å²) in [5.41, 5.74) is 3.34. The highest BCUT2D eigenvalue weighted by atomic mass is 79.9. The van der Waals surface area contributed by atoms with Gasteiger partial charge in [-0.05, 0) is 50.6 Å². The third kappa shape index (κ3) is 3.27. The summed E-state index contributed by atoms with van der Waals surface area (Å²) in [7, 11) is 1.95. The molecular formula is C15H20BrN3O. The molecule has 0 aliphatic rings. The molecule has 0 amide bonds. The molecule has 0 spiro atoms. The van der Waals surface area contributed by atoms with Crippen LogP contribution in [0.4, 0.5) is 0 Å². The second-order valence-electron chi connectivity index (χ2n) is 5.03. The molecule has 0 fully saturated rings. The molecule has 4 nitrogen and oxygen atoms in total. The molecule has 0 aliphatic carbocycles. The van der Waals surface area contributed by atoms with Crippen LogP contribution in [0.3, 0.4) is 0 Å². The predicted octanol–water partition coefficient (Wildman–Crippen LogP) is 3.66. The minimum absolute atomic E-state index is 0.372. The van der Waals surface area contributed by atoms with Crippen LogP contribution in [0.1, 0.15) is 30.4 Å². The van der Waals surface area contributed by atoms with Gasteiger partial charge in [0.05, 0.1) is 0 Å². The molecule has 0 aliphatic heterocycles. The van der Waals surface area contributed by atoms with Gasteiger partial charge >= 0.3 is 0 Å². The largest absolute Gasteiger partial charge is 0.339 e. The first-order chi connectivity index (χ1) is 9.55. The SMILES string of the molecule is CCC(Cc1nc(-c2cc(C)c(Br)c(C)c2)no1)NC. The molecule has 1 aromatic carbocycles. The van der Waals surface area contributed by atoms with Crippen molar-refractivity contribution in [3.05, 3.63) is 33.6 Å². The summed E-state index contributed by atoms with van der Waals surface area (Å²) in [6.45, 7) is 6.27. The Morgan fingerprint density at radius 2 is 1.95 bits per heavy atom. The Balaban J connectivity index is 2.24. The molecule has 1 atom stereocenters. The minimum atomic E-state index is 0.372. The number of halogens is 1. The van der Waals surface area contributed by atoms with E-state index in [4.69, 9.17) is 4.52 Å². The van der Waals surface area contributed by atoms with E-state index in [1.54, 1.807) is 0 Å². The molecule has 108 valence electrons. The van der Waals surface area contributed by atoms with E-state index >= 15 is 0 Å². The van der Waals surface area contributed by atoms with Crippen LogP contribution in [0.15, 0.2) is 21.1 Å². The van der Waals surface area contributed by atoms with E-state index in [0.717, 1.165) is 22.9 Å². The lowest BCUT2D eigenvalue weighted by molar-refractivity contribution is 0.359. The molecule has 0 saturated carbocycles. The fourth-order valence-electron chi connectivity index (χ4n) is 2.19. The zero-order valence-corrected chi connectivity index (χ0v) is 13.9. The van der Waals surface area contributed by atoms with E-state index in [-0.39, 0.29) is 0 Å². The zero-order chi connectivity index (χ0) is 14.7. The van der Waals surface area contributed by atoms with E-state index in [2.05, 4.69) is 64.3 Å². The van der Waals surface area contributed by atoms with Crippen LogP contribution in [0.2, 0.25) is 0 Å². The highest BCUT2D eigenvalue weighted by Gasteiger charge is 2.14. The Morgan fingerprint density at radius 1 is 1.30 bits per heavy atom. The molecular weight excluding hydrogens is 318 g/mol. The van der Waals surface area contributed by atoms with Crippen molar-refractivity contribution in [1.29, 1.82) is 0 Å². The number of hydrogen-bond acceptors (Lipinski definition) is 4. The van der Waals surface area contributed by atoms with Crippen molar-refractivity contribution in [2.75, 3.05) is 7.05 Å². The van der Waals surface area contributed by atoms with E-state index in [1.807, 2.05) is 7.05 Å². The minimum Gasteiger partial charge on any atom is -0.339 e. The number of nitrogens with one attached hydrogen (secondary N) is 1. The van der Waals surface area contributed by atoms with E-state index in [1.165, 1.54) is 11.1 Å². The van der Waals surface area contributed by atoms with Gasteiger partial charge in [-0.2, -0.15) is 4.98 Å². The second kappa shape index (κ2) is 6.50. The lowest BCUT2D eigenvalue weighted by Crippen LogP contribution is -2.26. The third-order valence-electron chi connectivity index (χ3n) is 3.48. The van der Waals surface area contributed by atoms with Gasteiger partial charge in [0.25, 0.3) is 0 Å². The summed E-state index contributed by atoms with van der Waals surface area (Å²) in [6.07, 6.45) is 1.79. The summed E-state index contributed by atoms with van der Waals surface area (Å²) >= 11 is 3.57. The van der Waals surface area contributed by atoms with Gasteiger partial charge in [-0.1, -0.05) is 28.0 Å². The zero-order valence-electron chi connectivity index (χ0n) is 12.3. The van der Waals surface area contributed by atoms with Crippen molar-refractivity contribution >= 4 is 15.9 Å². The second-order valence-corrected chi connectivity index (χ2v) is 5.83. The Bertz CT molecular complexity index is 568. The van der Waals surface area contributed by atoms with Gasteiger partial charge in [0.2, 0.25) is 11.7 Å². The van der Waals surface area contributed by atoms with Crippen LogP contribution in [0, 0.1) is 13.8 Å². The van der Waals surface area contributed by atoms with Gasteiger partial charge in [0.1, 0.15) is 0 Å². The molecule has 5 heteroatoms. The first kappa shape index (κ1) is 15.2. The van der Waals surface area contributed by atoms with Crippen LogP contribution in [0.25, 0.3) is 11.4 Å². The molecule has 2 rings (SSSR count). The smallest absolute Gasteiger partial charge is 0.228 e. The number of aryl methyl sites for hydroxylation is 2. The topological polar surface area (TPSA) is 51.0 Å². The highest BCUT2D eigenvalue weighted by molar-refractivity contribution is 9.10. The maximum atomic E-state index is 5.35. The van der Waals surface area contributed by atoms with Gasteiger partial charge in [-0.25, -0.2) is 0 Å². The predicted molar refractivity (Wildman–Crippen MR) is 83.8 cm³/mol. The van der Waals surface area contributed by atoms with Crippen LogP contribution < -0.4 is 5.32 Å². The molecule has 1 aromatic heterocycles. The molecule has 1 N–H and O–H groups in total. The monoisotopic (exact) mass is 337 g/mol. The van der Waals surface area contributed by atoms with Gasteiger partial charge in [0, 0.05) is 22.5 Å². The van der Waals surface area contributed by atoms with Crippen molar-refractivity contribution in [2.45, 2.75) is 39.7 Å². The van der Waals surface area contributed by atoms with Gasteiger partial charge in [-0.15, -0.1) is 0 Å². The average molecular weight is 338 g/mol. The number of likely N-dealkylation sites (N-methyl/N-ethyl adjacent to an activating group) is 1. The van der Waals surface area contributed by atoms with Crippen LogP contribution >= 0.6 is 15.9 Å². The number of benzene rings is 1. The number of aromatic nitrogens is 2. The van der Waals surface area contributed by atoms with E-state index in [9.17, 15) is 0 Å². The molecule has 1 heterocycles. The first-order valence-electron chi connectivity index (χ1n) is 6.82. The standard InChI is InChI=1S/C15H20BrN3O/c1-5-12(17-4)8-13-18-15(19-20-13)11-6-9(2)14(16)10(3)7-11/h6-7,12,17H,5,8H2,1-4H3. The van der Waals surface area contributed by atoms with Crippen molar-refractivity contribution in [2.24, 2.45) is 0 Å². The van der Waals surface area contributed by atoms with Crippen molar-refractivity contribution in [1.82, 2.24) is 15.5 Å². The fraction of sp³-hybridized carbons (Fsp3) is 0.467. The van der Waals surface area contributed by atoms with Crippen LogP contribution in [-0.2, 0) is 6.42 Å². The van der Waals surface area contributed by atoms with E-state index in [0.29, 0.717) is 17.8 Å². The molecule has 0 bridgehead atoms. The summed E-state index contributed by atoms with van der Waals surface area (Å²) in [5, 5.41) is 7.33. The number of nitrogens with zero attached hydrogens (tertiary/aromatic N) is 2. The normalized spacial score (nSPS) is 12.7. The maximum absolute atomic E-state index is 5.35. The summed E-state index contributed by atoms with van der Waals surface area (Å²) < 4.78 is 6.48. The third-order valence-corrected chi connectivity index (χ3v) is 4.74. The van der Waals surface area contributed by atoms with Crippen molar-refractivity contribution in [3.63, 3.8) is 0 Å². The maximum Gasteiger partial charge on any atom is 0.228 e. The molecule has 0 saturated heterocycles. The number of hydrogen-bond donors (Lipinski definition) is 1. The van der Waals surface area contributed by atoms with Crippen molar-refractivity contribution < 1.29 is 4.52 Å². The van der Waals surface area contributed by atoms with Crippen molar-refractivity contribution in [3.8, 4) is 11.4 Å². The van der Waals surface area contributed by atoms with E-state index < -0.39 is 0 Å². The Labute approximate surface area is 128 Å². The Morgan fingerprint density at radius 3 is 2.50 bits per heavy atom. The lowest BCUT2D eigenvalue weighted by Gasteiger charge is -2.09. The van der Waals surface area contributed by atoms with Gasteiger partial charge < -0.3 is 9.84 Å². The molecule has 20 heavy (non-hydrogen) atoms. The summed E-state index contributed by atoms with van der Waals surface area (Å²) in [5.74, 6) is 1.34. The molecule has 2 aromatic rings. The molecule has 1 unspecified atom stereocenters. The lowest BCUT2D eigenvalue weighted by atomic mass is 10.1. The van der Waals surface area contributed by atoms with Crippen LogP contribution in [0.5, 0.6) is 0 Å². The Kier molecular flexibility index (Phi) is 4.94. The fourth-order valence-corrected chi connectivity index (χ4v) is 2.42. The Hall–Kier alpha value is -1.20. The summed E-state index contributed by atoms with van der Waals surface area (Å²) in [4.78, 5) is 4.50. The molecule has 0 radical (unpaired) electrons. The first-order valence-corrected chi connectivity index (χ1v) is 7.61. The van der Waals surface area contributed by atoms with Gasteiger partial charge in [0.15, 0.2) is 0 Å². The average Bonchev–Trinajstić information content (AvgIpc) is 2.90.